The highest BCUT2D eigenvalue weighted by Gasteiger charge is 2.28. The molecule has 1 aromatic rings. The van der Waals surface area contributed by atoms with Crippen molar-refractivity contribution in [3.05, 3.63) is 28.8 Å². The second-order valence-corrected chi connectivity index (χ2v) is 2.67. The van der Waals surface area contributed by atoms with Gasteiger partial charge in [-0.15, -0.1) is 4.91 Å². The summed E-state index contributed by atoms with van der Waals surface area (Å²) in [6.45, 7) is -1.50. The number of nitrogens with zero attached hydrogens (tertiary/aromatic N) is 2. The van der Waals surface area contributed by atoms with Crippen LogP contribution in [0.15, 0.2) is 23.7 Å². The van der Waals surface area contributed by atoms with Crippen molar-refractivity contribution in [3.8, 4) is 5.88 Å². The van der Waals surface area contributed by atoms with E-state index >= 15 is 0 Å². The quantitative estimate of drug-likeness (QED) is 0.639. The third kappa shape index (κ3) is 6.98. The molecule has 0 aromatic carbocycles. The smallest absolute Gasteiger partial charge is 0.422 e. The molecule has 2 N–H and O–H groups in total. The standard InChI is InChI=1S/C8H6F3NO3.HNO2/c9-8(10,11)4-15-6-3-5(7(13)14)1-2-12-6;2-1-3/h1-3H,4H2,(H,13,14);(H,2,3). The zero-order valence-electron chi connectivity index (χ0n) is 8.59. The fourth-order valence-corrected chi connectivity index (χ4v) is 0.777. The van der Waals surface area contributed by atoms with Gasteiger partial charge in [-0.2, -0.15) is 13.2 Å². The van der Waals surface area contributed by atoms with Crippen LogP contribution in [0.25, 0.3) is 0 Å². The number of halogens is 3. The minimum atomic E-state index is -4.47. The Morgan fingerprint density at radius 2 is 2.06 bits per heavy atom. The number of hydrogen-bond donors (Lipinski definition) is 2. The lowest BCUT2D eigenvalue weighted by molar-refractivity contribution is -0.154. The van der Waals surface area contributed by atoms with Crippen LogP contribution in [0.2, 0.25) is 0 Å². The summed E-state index contributed by atoms with van der Waals surface area (Å²) in [6.07, 6.45) is -3.41. The van der Waals surface area contributed by atoms with E-state index in [4.69, 9.17) is 15.2 Å². The monoisotopic (exact) mass is 268 g/mol. The predicted molar refractivity (Wildman–Crippen MR) is 50.3 cm³/mol. The first-order valence-electron chi connectivity index (χ1n) is 4.15. The molecule has 0 aliphatic heterocycles. The van der Waals surface area contributed by atoms with Crippen molar-refractivity contribution < 1.29 is 33.0 Å². The number of pyridine rings is 1. The van der Waals surface area contributed by atoms with Gasteiger partial charge in [-0.3, -0.25) is 0 Å². The van der Waals surface area contributed by atoms with Crippen LogP contribution >= 0.6 is 0 Å². The summed E-state index contributed by atoms with van der Waals surface area (Å²) in [5, 5.41) is 16.4. The van der Waals surface area contributed by atoms with E-state index in [1.165, 1.54) is 5.34 Å². The number of carbonyl (C=O) groups is 1. The van der Waals surface area contributed by atoms with Crippen LogP contribution in [0.1, 0.15) is 10.4 Å². The first kappa shape index (κ1) is 15.6. The largest absolute Gasteiger partial charge is 0.478 e. The summed E-state index contributed by atoms with van der Waals surface area (Å²) in [4.78, 5) is 22.0. The summed E-state index contributed by atoms with van der Waals surface area (Å²) in [6, 6.07) is 2.08. The van der Waals surface area contributed by atoms with Gasteiger partial charge < -0.3 is 15.1 Å². The molecule has 1 aromatic heterocycles. The number of aromatic nitrogens is 1. The Morgan fingerprint density at radius 1 is 1.50 bits per heavy atom. The summed E-state index contributed by atoms with van der Waals surface area (Å²) in [7, 11) is 0. The van der Waals surface area contributed by atoms with E-state index in [0.29, 0.717) is 0 Å². The van der Waals surface area contributed by atoms with E-state index in [-0.39, 0.29) is 11.4 Å². The van der Waals surface area contributed by atoms with E-state index in [1.54, 1.807) is 0 Å². The molecule has 1 heterocycles. The van der Waals surface area contributed by atoms with Gasteiger partial charge >= 0.3 is 12.1 Å². The molecular weight excluding hydrogens is 261 g/mol. The molecule has 0 saturated heterocycles. The van der Waals surface area contributed by atoms with Crippen molar-refractivity contribution in [2.24, 2.45) is 5.34 Å². The van der Waals surface area contributed by atoms with Crippen molar-refractivity contribution in [1.82, 2.24) is 4.98 Å². The third-order valence-electron chi connectivity index (χ3n) is 1.37. The molecule has 10 heteroatoms. The van der Waals surface area contributed by atoms with Gasteiger partial charge in [-0.25, -0.2) is 9.78 Å². The highest BCUT2D eigenvalue weighted by molar-refractivity contribution is 5.87. The lowest BCUT2D eigenvalue weighted by Gasteiger charge is -2.08. The zero-order chi connectivity index (χ0) is 14.2. The molecule has 18 heavy (non-hydrogen) atoms. The van der Waals surface area contributed by atoms with Gasteiger partial charge in [0.25, 0.3) is 0 Å². The summed E-state index contributed by atoms with van der Waals surface area (Å²) in [5.74, 6) is -1.62. The average Bonchev–Trinajstić information content (AvgIpc) is 2.27. The maximum absolute atomic E-state index is 11.7. The molecule has 0 spiro atoms. The van der Waals surface area contributed by atoms with Crippen LogP contribution in [-0.2, 0) is 0 Å². The minimum Gasteiger partial charge on any atom is -0.478 e. The zero-order valence-corrected chi connectivity index (χ0v) is 8.59. The van der Waals surface area contributed by atoms with Gasteiger partial charge in [0.05, 0.1) is 5.56 Å². The molecule has 100 valence electrons. The van der Waals surface area contributed by atoms with Crippen molar-refractivity contribution in [2.75, 3.05) is 6.61 Å². The lowest BCUT2D eigenvalue weighted by atomic mass is 10.3. The maximum atomic E-state index is 11.7. The van der Waals surface area contributed by atoms with Gasteiger partial charge in [-0.05, 0) is 6.07 Å². The fraction of sp³-hybridized carbons (Fsp3) is 0.250. The third-order valence-corrected chi connectivity index (χ3v) is 1.37. The number of carboxylic acids is 1. The first-order chi connectivity index (χ1) is 8.30. The number of aromatic carboxylic acids is 1. The van der Waals surface area contributed by atoms with Gasteiger partial charge in [0.2, 0.25) is 5.88 Å². The normalized spacial score (nSPS) is 9.94. The van der Waals surface area contributed by atoms with E-state index in [1.807, 2.05) is 0 Å². The molecule has 0 radical (unpaired) electrons. The van der Waals surface area contributed by atoms with Gasteiger partial charge in [-0.1, -0.05) is 0 Å². The van der Waals surface area contributed by atoms with Crippen LogP contribution in [0.5, 0.6) is 5.88 Å². The minimum absolute atomic E-state index is 0.179. The molecule has 0 atom stereocenters. The average molecular weight is 268 g/mol. The van der Waals surface area contributed by atoms with Gasteiger partial charge in [0.1, 0.15) is 0 Å². The van der Waals surface area contributed by atoms with Crippen LogP contribution in [0.4, 0.5) is 13.2 Å². The molecule has 0 aliphatic rings. The predicted octanol–water partition coefficient (Wildman–Crippen LogP) is 1.86. The Kier molecular flexibility index (Phi) is 6.10. The van der Waals surface area contributed by atoms with Crippen LogP contribution in [0, 0.1) is 4.91 Å². The Morgan fingerprint density at radius 3 is 2.50 bits per heavy atom. The molecule has 0 aliphatic carbocycles. The van der Waals surface area contributed by atoms with Crippen molar-refractivity contribution >= 4 is 5.97 Å². The number of rotatable bonds is 3. The van der Waals surface area contributed by atoms with Crippen molar-refractivity contribution in [2.45, 2.75) is 6.18 Å². The number of hydrogen-bond acceptors (Lipinski definition) is 5. The highest BCUT2D eigenvalue weighted by atomic mass is 19.4. The number of carboxylic acid groups (broad SMARTS) is 1. The topological polar surface area (TPSA) is 109 Å². The molecule has 1 rings (SSSR count). The van der Waals surface area contributed by atoms with Crippen LogP contribution < -0.4 is 4.74 Å². The maximum Gasteiger partial charge on any atom is 0.422 e. The summed E-state index contributed by atoms with van der Waals surface area (Å²) >= 11 is 0. The van der Waals surface area contributed by atoms with Gasteiger partial charge in [0.15, 0.2) is 11.9 Å². The Bertz CT molecular complexity index is 410. The Balaban J connectivity index is 0.000000873. The second kappa shape index (κ2) is 7.04. The summed E-state index contributed by atoms with van der Waals surface area (Å²) in [5.41, 5.74) is -0.179. The van der Waals surface area contributed by atoms with E-state index in [2.05, 4.69) is 9.72 Å². The molecular formula is C8H7F3N2O5. The molecule has 0 saturated carbocycles. The fourth-order valence-electron chi connectivity index (χ4n) is 0.777. The lowest BCUT2D eigenvalue weighted by Crippen LogP contribution is -2.19. The Labute approximate surface area is 97.8 Å². The SMILES string of the molecule is O=C(O)c1ccnc(OCC(F)(F)F)c1.O=NO. The van der Waals surface area contributed by atoms with E-state index < -0.39 is 18.8 Å². The Hall–Kier alpha value is -2.39. The highest BCUT2D eigenvalue weighted by Crippen LogP contribution is 2.17. The van der Waals surface area contributed by atoms with Crippen LogP contribution in [0.3, 0.4) is 0 Å². The van der Waals surface area contributed by atoms with Crippen LogP contribution in [-0.4, -0.2) is 34.1 Å². The molecule has 7 nitrogen and oxygen atoms in total. The van der Waals surface area contributed by atoms with E-state index in [9.17, 15) is 18.0 Å². The van der Waals surface area contributed by atoms with Crippen molar-refractivity contribution in [1.29, 1.82) is 0 Å². The summed E-state index contributed by atoms with van der Waals surface area (Å²) < 4.78 is 39.5. The first-order valence-corrected chi connectivity index (χ1v) is 4.15. The molecule has 0 fully saturated rings. The molecule has 0 bridgehead atoms. The molecule has 0 unspecified atom stereocenters. The van der Waals surface area contributed by atoms with E-state index in [0.717, 1.165) is 18.3 Å². The number of alkyl halides is 3. The van der Waals surface area contributed by atoms with Gasteiger partial charge in [0, 0.05) is 12.3 Å². The van der Waals surface area contributed by atoms with Crippen molar-refractivity contribution in [3.63, 3.8) is 0 Å². The molecule has 0 amide bonds. The second-order valence-electron chi connectivity index (χ2n) is 2.67. The number of ether oxygens (including phenoxy) is 1.